The first kappa shape index (κ1) is 14.0. The van der Waals surface area contributed by atoms with Gasteiger partial charge >= 0.3 is 0 Å². The highest BCUT2D eigenvalue weighted by atomic mass is 32.2. The summed E-state index contributed by atoms with van der Waals surface area (Å²) >= 11 is 1.54. The first-order chi connectivity index (χ1) is 8.04. The van der Waals surface area contributed by atoms with Gasteiger partial charge in [-0.05, 0) is 29.6 Å². The minimum atomic E-state index is -0.405. The van der Waals surface area contributed by atoms with E-state index < -0.39 is 5.91 Å². The number of rotatable bonds is 6. The van der Waals surface area contributed by atoms with Crippen molar-refractivity contribution in [2.45, 2.75) is 6.54 Å². The van der Waals surface area contributed by atoms with Crippen LogP contribution in [-0.4, -0.2) is 35.3 Å². The minimum Gasteiger partial charge on any atom is -0.366 e. The molecule has 17 heavy (non-hydrogen) atoms. The summed E-state index contributed by atoms with van der Waals surface area (Å²) in [6.07, 6.45) is 0. The number of carbonyl (C=O) groups is 1. The van der Waals surface area contributed by atoms with Crippen molar-refractivity contribution < 1.29 is 4.79 Å². The summed E-state index contributed by atoms with van der Waals surface area (Å²) in [6.45, 7) is 0.730. The van der Waals surface area contributed by atoms with E-state index in [9.17, 15) is 4.79 Å². The van der Waals surface area contributed by atoms with Crippen LogP contribution in [0, 0.1) is 0 Å². The third-order valence-corrected chi connectivity index (χ3v) is 3.13. The highest BCUT2D eigenvalue weighted by Crippen LogP contribution is 2.15. The van der Waals surface area contributed by atoms with Crippen molar-refractivity contribution >= 4 is 17.9 Å². The summed E-state index contributed by atoms with van der Waals surface area (Å²) in [5.41, 5.74) is 12.3. The second-order valence-corrected chi connectivity index (χ2v) is 4.73. The van der Waals surface area contributed by atoms with E-state index in [1.54, 1.807) is 12.1 Å². The number of benzene rings is 1. The van der Waals surface area contributed by atoms with Crippen LogP contribution >= 0.6 is 11.9 Å². The SMILES string of the molecule is CN(C)N(Cc1ccc(C(N)=O)cc1)SCN. The molecule has 0 bridgehead atoms. The van der Waals surface area contributed by atoms with E-state index in [1.165, 1.54) is 11.9 Å². The average molecular weight is 254 g/mol. The van der Waals surface area contributed by atoms with Crippen LogP contribution in [0.25, 0.3) is 0 Å². The van der Waals surface area contributed by atoms with Crippen LogP contribution < -0.4 is 11.5 Å². The van der Waals surface area contributed by atoms with E-state index in [-0.39, 0.29) is 0 Å². The second kappa shape index (κ2) is 6.61. The predicted molar refractivity (Wildman–Crippen MR) is 70.8 cm³/mol. The van der Waals surface area contributed by atoms with Crippen LogP contribution in [0.3, 0.4) is 0 Å². The van der Waals surface area contributed by atoms with E-state index in [2.05, 4.69) is 0 Å². The normalized spacial score (nSPS) is 11.1. The van der Waals surface area contributed by atoms with Gasteiger partial charge in [-0.2, -0.15) is 4.41 Å². The van der Waals surface area contributed by atoms with Gasteiger partial charge in [-0.25, -0.2) is 5.01 Å². The van der Waals surface area contributed by atoms with Crippen LogP contribution in [0.15, 0.2) is 24.3 Å². The molecule has 0 aliphatic heterocycles. The van der Waals surface area contributed by atoms with Crippen LogP contribution in [0.4, 0.5) is 0 Å². The monoisotopic (exact) mass is 254 g/mol. The number of hydrazine groups is 1. The predicted octanol–water partition coefficient (Wildman–Crippen LogP) is 0.629. The lowest BCUT2D eigenvalue weighted by atomic mass is 10.1. The number of carbonyl (C=O) groups excluding carboxylic acids is 1. The maximum atomic E-state index is 10.9. The van der Waals surface area contributed by atoms with E-state index in [0.29, 0.717) is 11.4 Å². The van der Waals surface area contributed by atoms with Crippen LogP contribution in [0.1, 0.15) is 15.9 Å². The maximum Gasteiger partial charge on any atom is 0.248 e. The Kier molecular flexibility index (Phi) is 5.43. The number of amides is 1. The average Bonchev–Trinajstić information content (AvgIpc) is 2.29. The van der Waals surface area contributed by atoms with E-state index >= 15 is 0 Å². The number of nitrogens with zero attached hydrogens (tertiary/aromatic N) is 2. The Labute approximate surface area is 106 Å². The molecule has 1 aromatic rings. The lowest BCUT2D eigenvalue weighted by molar-refractivity contribution is 0.1000. The van der Waals surface area contributed by atoms with Gasteiger partial charge < -0.3 is 11.5 Å². The number of hydrogen-bond acceptors (Lipinski definition) is 5. The number of hydrogen-bond donors (Lipinski definition) is 2. The van der Waals surface area contributed by atoms with E-state index in [1.807, 2.05) is 35.7 Å². The molecule has 94 valence electrons. The van der Waals surface area contributed by atoms with Gasteiger partial charge in [-0.3, -0.25) is 4.79 Å². The maximum absolute atomic E-state index is 10.9. The fourth-order valence-electron chi connectivity index (χ4n) is 1.32. The molecular formula is C11H18N4OS. The van der Waals surface area contributed by atoms with Gasteiger partial charge in [0.25, 0.3) is 0 Å². The zero-order chi connectivity index (χ0) is 12.8. The molecule has 0 radical (unpaired) electrons. The van der Waals surface area contributed by atoms with Gasteiger partial charge in [0.2, 0.25) is 5.91 Å². The summed E-state index contributed by atoms with van der Waals surface area (Å²) < 4.78 is 2.04. The molecule has 0 aliphatic carbocycles. The molecule has 4 N–H and O–H groups in total. The lowest BCUT2D eigenvalue weighted by Crippen LogP contribution is -2.31. The summed E-state index contributed by atoms with van der Waals surface area (Å²) in [7, 11) is 3.92. The molecule has 0 aliphatic rings. The van der Waals surface area contributed by atoms with Crippen LogP contribution in [0.2, 0.25) is 0 Å². The van der Waals surface area contributed by atoms with Gasteiger partial charge in [0.1, 0.15) is 0 Å². The fourth-order valence-corrected chi connectivity index (χ4v) is 1.96. The molecule has 0 unspecified atom stereocenters. The molecule has 0 heterocycles. The molecule has 0 fully saturated rings. The molecule has 6 heteroatoms. The van der Waals surface area contributed by atoms with Crippen molar-refractivity contribution in [3.8, 4) is 0 Å². The number of primary amides is 1. The van der Waals surface area contributed by atoms with Gasteiger partial charge in [-0.1, -0.05) is 12.1 Å². The van der Waals surface area contributed by atoms with Crippen molar-refractivity contribution in [2.75, 3.05) is 20.0 Å². The van der Waals surface area contributed by atoms with Crippen molar-refractivity contribution in [3.05, 3.63) is 35.4 Å². The van der Waals surface area contributed by atoms with Gasteiger partial charge in [0.15, 0.2) is 0 Å². The quantitative estimate of drug-likeness (QED) is 0.442. The Balaban J connectivity index is 2.69. The molecule has 1 rings (SSSR count). The highest BCUT2D eigenvalue weighted by molar-refractivity contribution is 7.96. The highest BCUT2D eigenvalue weighted by Gasteiger charge is 2.08. The molecule has 1 aromatic carbocycles. The zero-order valence-corrected chi connectivity index (χ0v) is 10.9. The van der Waals surface area contributed by atoms with Crippen molar-refractivity contribution in [3.63, 3.8) is 0 Å². The Morgan fingerprint density at radius 1 is 1.29 bits per heavy atom. The van der Waals surface area contributed by atoms with E-state index in [4.69, 9.17) is 11.5 Å². The largest absolute Gasteiger partial charge is 0.366 e. The molecule has 0 atom stereocenters. The van der Waals surface area contributed by atoms with Gasteiger partial charge in [-0.15, -0.1) is 0 Å². The molecular weight excluding hydrogens is 236 g/mol. The summed E-state index contributed by atoms with van der Waals surface area (Å²) in [4.78, 5) is 10.9. The molecule has 5 nitrogen and oxygen atoms in total. The smallest absolute Gasteiger partial charge is 0.248 e. The summed E-state index contributed by atoms with van der Waals surface area (Å²) in [5, 5.41) is 1.97. The second-order valence-electron chi connectivity index (χ2n) is 3.71. The summed E-state index contributed by atoms with van der Waals surface area (Å²) in [5.74, 6) is 0.120. The Hall–Kier alpha value is -1.08. The van der Waals surface area contributed by atoms with Crippen molar-refractivity contribution in [2.24, 2.45) is 11.5 Å². The molecule has 1 amide bonds. The zero-order valence-electron chi connectivity index (χ0n) is 10.1. The topological polar surface area (TPSA) is 75.6 Å². The van der Waals surface area contributed by atoms with Crippen molar-refractivity contribution in [1.82, 2.24) is 9.42 Å². The molecule has 0 aromatic heterocycles. The van der Waals surface area contributed by atoms with Crippen LogP contribution in [0.5, 0.6) is 0 Å². The van der Waals surface area contributed by atoms with Gasteiger partial charge in [0.05, 0.1) is 5.88 Å². The first-order valence-electron chi connectivity index (χ1n) is 5.21. The third-order valence-electron chi connectivity index (χ3n) is 2.23. The van der Waals surface area contributed by atoms with Gasteiger partial charge in [0, 0.05) is 26.2 Å². The lowest BCUT2D eigenvalue weighted by Gasteiger charge is -2.26. The van der Waals surface area contributed by atoms with Crippen LogP contribution in [-0.2, 0) is 6.54 Å². The van der Waals surface area contributed by atoms with E-state index in [0.717, 1.165) is 12.1 Å². The number of nitrogens with two attached hydrogens (primary N) is 2. The standard InChI is InChI=1S/C11H18N4OS/c1-14(2)15(17-8-12)7-9-3-5-10(6-4-9)11(13)16/h3-6H,7-8,12H2,1-2H3,(H2,13,16). The molecule has 0 spiro atoms. The summed E-state index contributed by atoms with van der Waals surface area (Å²) in [6, 6.07) is 7.26. The first-order valence-corrected chi connectivity index (χ1v) is 6.15. The fraction of sp³-hybridized carbons (Fsp3) is 0.364. The Bertz CT molecular complexity index is 366. The Morgan fingerprint density at radius 2 is 1.88 bits per heavy atom. The minimum absolute atomic E-state index is 0.405. The Morgan fingerprint density at radius 3 is 2.29 bits per heavy atom. The molecule has 0 saturated heterocycles. The molecule has 0 saturated carbocycles. The third kappa shape index (κ3) is 4.35. The van der Waals surface area contributed by atoms with Crippen molar-refractivity contribution in [1.29, 1.82) is 0 Å².